The van der Waals surface area contributed by atoms with Gasteiger partial charge in [-0.05, 0) is 0 Å². The Bertz CT molecular complexity index is 158. The van der Waals surface area contributed by atoms with Crippen molar-refractivity contribution in [2.24, 2.45) is 0 Å². The first-order valence-electron chi connectivity index (χ1n) is 3.26. The topological polar surface area (TPSA) is 50.1 Å². The molecule has 0 heterocycles. The zero-order valence-corrected chi connectivity index (χ0v) is 8.28. The molecule has 0 aliphatic heterocycles. The smallest absolute Gasteiger partial charge is 0.345 e. The standard InChI is InChI=1S/C4H3NO2.C3H10Si/c1-2-4(6)7-3-5;1-4(2)3/h2H,1H2;4H,1-3H3. The van der Waals surface area contributed by atoms with E-state index in [4.69, 9.17) is 5.26 Å². The van der Waals surface area contributed by atoms with Gasteiger partial charge in [-0.2, -0.15) is 0 Å². The van der Waals surface area contributed by atoms with Crippen molar-refractivity contribution >= 4 is 14.8 Å². The van der Waals surface area contributed by atoms with Gasteiger partial charge < -0.3 is 4.74 Å². The Morgan fingerprint density at radius 2 is 2.00 bits per heavy atom. The molecule has 0 N–H and O–H groups in total. The highest BCUT2D eigenvalue weighted by Gasteiger charge is 1.87. The van der Waals surface area contributed by atoms with Gasteiger partial charge in [-0.15, -0.1) is 5.26 Å². The molecule has 0 saturated carbocycles. The summed E-state index contributed by atoms with van der Waals surface area (Å²) >= 11 is 0. The van der Waals surface area contributed by atoms with Crippen molar-refractivity contribution in [2.45, 2.75) is 19.6 Å². The quantitative estimate of drug-likeness (QED) is 0.258. The van der Waals surface area contributed by atoms with Crippen LogP contribution in [0.15, 0.2) is 12.7 Å². The molecule has 0 aromatic rings. The first-order chi connectivity index (χ1) is 5.04. The molecule has 0 amide bonds. The van der Waals surface area contributed by atoms with Crippen LogP contribution in [0.4, 0.5) is 0 Å². The lowest BCUT2D eigenvalue weighted by Gasteiger charge is -1.77. The number of hydrogen-bond acceptors (Lipinski definition) is 3. The maximum atomic E-state index is 9.85. The van der Waals surface area contributed by atoms with Crippen molar-refractivity contribution in [1.29, 1.82) is 5.26 Å². The van der Waals surface area contributed by atoms with Crippen LogP contribution >= 0.6 is 0 Å². The Balaban J connectivity index is 0. The number of nitrogens with zero attached hydrogens (tertiary/aromatic N) is 1. The maximum absolute atomic E-state index is 9.85. The molecule has 0 fully saturated rings. The number of nitriles is 1. The predicted molar refractivity (Wildman–Crippen MR) is 46.6 cm³/mol. The zero-order chi connectivity index (χ0) is 9.28. The van der Waals surface area contributed by atoms with Crippen molar-refractivity contribution in [3.63, 3.8) is 0 Å². The van der Waals surface area contributed by atoms with Crippen LogP contribution in [-0.4, -0.2) is 14.8 Å². The fourth-order valence-electron chi connectivity index (χ4n) is 0.0867. The third-order valence-corrected chi connectivity index (χ3v) is 0.313. The van der Waals surface area contributed by atoms with E-state index in [9.17, 15) is 4.79 Å². The molecule has 0 atom stereocenters. The van der Waals surface area contributed by atoms with Crippen LogP contribution in [-0.2, 0) is 9.53 Å². The molecule has 0 aliphatic rings. The Kier molecular flexibility index (Phi) is 10.2. The Hall–Kier alpha value is -1.08. The van der Waals surface area contributed by atoms with Crippen LogP contribution in [0.25, 0.3) is 0 Å². The second-order valence-electron chi connectivity index (χ2n) is 2.45. The minimum absolute atomic E-state index is 0.139. The molecule has 0 saturated heterocycles. The molecule has 0 rings (SSSR count). The van der Waals surface area contributed by atoms with Crippen molar-refractivity contribution in [2.75, 3.05) is 0 Å². The van der Waals surface area contributed by atoms with E-state index in [-0.39, 0.29) is 8.80 Å². The highest BCUT2D eigenvalue weighted by molar-refractivity contribution is 6.54. The number of carbonyl (C=O) groups excluding carboxylic acids is 1. The van der Waals surface area contributed by atoms with E-state index in [2.05, 4.69) is 31.0 Å². The van der Waals surface area contributed by atoms with Crippen LogP contribution in [0.2, 0.25) is 19.6 Å². The van der Waals surface area contributed by atoms with Gasteiger partial charge >= 0.3 is 5.97 Å². The van der Waals surface area contributed by atoms with Gasteiger partial charge in [0.05, 0.1) is 0 Å². The van der Waals surface area contributed by atoms with Gasteiger partial charge in [0.15, 0.2) is 0 Å². The SMILES string of the molecule is C=CC(=O)OC#N.C[SiH](C)C. The average molecular weight is 171 g/mol. The molecule has 0 radical (unpaired) electrons. The monoisotopic (exact) mass is 171 g/mol. The number of hydrogen-bond donors (Lipinski definition) is 0. The maximum Gasteiger partial charge on any atom is 0.345 e. The van der Waals surface area contributed by atoms with Gasteiger partial charge in [0.1, 0.15) is 0 Å². The lowest BCUT2D eigenvalue weighted by atomic mass is 10.7. The van der Waals surface area contributed by atoms with E-state index in [0.717, 1.165) is 6.08 Å². The fourth-order valence-corrected chi connectivity index (χ4v) is 0.0867. The third kappa shape index (κ3) is 27.8. The van der Waals surface area contributed by atoms with Crippen LogP contribution in [0.1, 0.15) is 0 Å². The van der Waals surface area contributed by atoms with Crippen LogP contribution < -0.4 is 0 Å². The van der Waals surface area contributed by atoms with Gasteiger partial charge in [0.25, 0.3) is 6.26 Å². The van der Waals surface area contributed by atoms with Gasteiger partial charge in [0.2, 0.25) is 0 Å². The van der Waals surface area contributed by atoms with Crippen LogP contribution in [0.3, 0.4) is 0 Å². The molecule has 4 heteroatoms. The van der Waals surface area contributed by atoms with E-state index in [1.807, 2.05) is 0 Å². The molecule has 0 aromatic heterocycles. The molecule has 0 spiro atoms. The van der Waals surface area contributed by atoms with E-state index in [1.54, 1.807) is 0 Å². The summed E-state index contributed by atoms with van der Waals surface area (Å²) in [6, 6.07) is 0. The molecule has 0 unspecified atom stereocenters. The minimum Gasteiger partial charge on any atom is -0.347 e. The van der Waals surface area contributed by atoms with Gasteiger partial charge in [0, 0.05) is 14.9 Å². The minimum atomic E-state index is -0.720. The lowest BCUT2D eigenvalue weighted by Crippen LogP contribution is -1.91. The molecule has 0 aliphatic carbocycles. The molecule has 11 heavy (non-hydrogen) atoms. The zero-order valence-electron chi connectivity index (χ0n) is 7.13. The van der Waals surface area contributed by atoms with Crippen molar-refractivity contribution in [3.8, 4) is 6.26 Å². The summed E-state index contributed by atoms with van der Waals surface area (Å²) in [7, 11) is -0.139. The molecular formula is C7H13NO2Si. The summed E-state index contributed by atoms with van der Waals surface area (Å²) in [6.07, 6.45) is 2.12. The summed E-state index contributed by atoms with van der Waals surface area (Å²) in [4.78, 5) is 9.85. The Labute approximate surface area is 68.9 Å². The molecule has 3 nitrogen and oxygen atoms in total. The number of rotatable bonds is 1. The lowest BCUT2D eigenvalue weighted by molar-refractivity contribution is -0.131. The van der Waals surface area contributed by atoms with Crippen molar-refractivity contribution in [1.82, 2.24) is 0 Å². The first-order valence-corrected chi connectivity index (χ1v) is 6.73. The van der Waals surface area contributed by atoms with Crippen molar-refractivity contribution < 1.29 is 9.53 Å². The summed E-state index contributed by atoms with van der Waals surface area (Å²) < 4.78 is 3.74. The second-order valence-corrected chi connectivity index (χ2v) is 5.91. The first kappa shape index (κ1) is 12.6. The summed E-state index contributed by atoms with van der Waals surface area (Å²) in [5.74, 6) is -0.720. The molecular weight excluding hydrogens is 158 g/mol. The number of carbonyl (C=O) groups is 1. The highest BCUT2D eigenvalue weighted by atomic mass is 28.3. The van der Waals surface area contributed by atoms with E-state index in [1.165, 1.54) is 6.26 Å². The van der Waals surface area contributed by atoms with Crippen LogP contribution in [0, 0.1) is 11.5 Å². The number of esters is 1. The largest absolute Gasteiger partial charge is 0.347 e. The molecule has 62 valence electrons. The molecule has 0 aromatic carbocycles. The Morgan fingerprint density at radius 3 is 2.09 bits per heavy atom. The van der Waals surface area contributed by atoms with E-state index >= 15 is 0 Å². The van der Waals surface area contributed by atoms with E-state index in [0.29, 0.717) is 0 Å². The van der Waals surface area contributed by atoms with Crippen LogP contribution in [0.5, 0.6) is 0 Å². The second kappa shape index (κ2) is 8.92. The normalized spacial score (nSPS) is 7.18. The predicted octanol–water partition coefficient (Wildman–Crippen LogP) is 1.30. The van der Waals surface area contributed by atoms with Gasteiger partial charge in [-0.25, -0.2) is 4.79 Å². The average Bonchev–Trinajstić information content (AvgIpc) is 1.87. The summed E-state index contributed by atoms with van der Waals surface area (Å²) in [5, 5.41) is 7.63. The molecule has 0 bridgehead atoms. The highest BCUT2D eigenvalue weighted by Crippen LogP contribution is 1.71. The van der Waals surface area contributed by atoms with Crippen molar-refractivity contribution in [3.05, 3.63) is 12.7 Å². The van der Waals surface area contributed by atoms with E-state index < -0.39 is 5.97 Å². The fraction of sp³-hybridized carbons (Fsp3) is 0.429. The van der Waals surface area contributed by atoms with Gasteiger partial charge in [-0.3, -0.25) is 0 Å². The summed E-state index contributed by atoms with van der Waals surface area (Å²) in [6.45, 7) is 9.97. The summed E-state index contributed by atoms with van der Waals surface area (Å²) in [5.41, 5.74) is 0. The Morgan fingerprint density at radius 1 is 1.64 bits per heavy atom. The van der Waals surface area contributed by atoms with Gasteiger partial charge in [-0.1, -0.05) is 26.2 Å². The third-order valence-electron chi connectivity index (χ3n) is 0.313. The number of ether oxygens (including phenoxy) is 1.